The topological polar surface area (TPSA) is 65.4 Å². The highest BCUT2D eigenvalue weighted by atomic mass is 32.2. The molecule has 0 fully saturated rings. The van der Waals surface area contributed by atoms with Gasteiger partial charge in [0.15, 0.2) is 5.82 Å². The van der Waals surface area contributed by atoms with Crippen molar-refractivity contribution in [3.8, 4) is 17.5 Å². The molecule has 0 radical (unpaired) electrons. The summed E-state index contributed by atoms with van der Waals surface area (Å²) in [6.45, 7) is 0. The molecule has 5 heteroatoms. The molecule has 4 nitrogen and oxygen atoms in total. The van der Waals surface area contributed by atoms with Gasteiger partial charge in [0.2, 0.25) is 5.16 Å². The Bertz CT molecular complexity index is 774. The van der Waals surface area contributed by atoms with Gasteiger partial charge in [-0.05, 0) is 17.7 Å². The van der Waals surface area contributed by atoms with Crippen molar-refractivity contribution in [1.82, 2.24) is 15.2 Å². The van der Waals surface area contributed by atoms with E-state index in [0.717, 1.165) is 22.7 Å². The molecule has 1 aromatic heterocycles. The zero-order valence-electron chi connectivity index (χ0n) is 11.2. The Balaban J connectivity index is 1.69. The Morgan fingerprint density at radius 3 is 2.76 bits per heavy atom. The summed E-state index contributed by atoms with van der Waals surface area (Å²) < 4.78 is 0. The highest BCUT2D eigenvalue weighted by molar-refractivity contribution is 7.98. The standard InChI is InChI=1S/C16H12N4S/c17-10-12-5-4-6-13(9-12)11-21-16-18-15(19-20-16)14-7-2-1-3-8-14/h1-9H,11H2,(H,18,19,20). The summed E-state index contributed by atoms with van der Waals surface area (Å²) in [5, 5.41) is 16.8. The van der Waals surface area contributed by atoms with E-state index in [4.69, 9.17) is 5.26 Å². The summed E-state index contributed by atoms with van der Waals surface area (Å²) >= 11 is 1.55. The number of nitrogens with zero attached hydrogens (tertiary/aromatic N) is 3. The van der Waals surface area contributed by atoms with Gasteiger partial charge in [0.1, 0.15) is 0 Å². The molecule has 0 saturated carbocycles. The largest absolute Gasteiger partial charge is 0.258 e. The second-order valence-corrected chi connectivity index (χ2v) is 5.38. The van der Waals surface area contributed by atoms with Crippen LogP contribution >= 0.6 is 11.8 Å². The maximum absolute atomic E-state index is 8.89. The molecule has 1 heterocycles. The predicted octanol–water partition coefficient (Wildman–Crippen LogP) is 3.64. The molecule has 0 unspecified atom stereocenters. The lowest BCUT2D eigenvalue weighted by molar-refractivity contribution is 0.973. The van der Waals surface area contributed by atoms with Crippen LogP contribution < -0.4 is 0 Å². The molecule has 0 aliphatic heterocycles. The van der Waals surface area contributed by atoms with Crippen LogP contribution in [0.4, 0.5) is 0 Å². The van der Waals surface area contributed by atoms with Crippen molar-refractivity contribution in [3.63, 3.8) is 0 Å². The molecule has 0 atom stereocenters. The molecule has 0 saturated heterocycles. The van der Waals surface area contributed by atoms with E-state index in [1.54, 1.807) is 17.8 Å². The van der Waals surface area contributed by atoms with Crippen molar-refractivity contribution >= 4 is 11.8 Å². The van der Waals surface area contributed by atoms with Gasteiger partial charge in [0.25, 0.3) is 0 Å². The van der Waals surface area contributed by atoms with Gasteiger partial charge >= 0.3 is 0 Å². The van der Waals surface area contributed by atoms with E-state index in [1.165, 1.54) is 0 Å². The normalized spacial score (nSPS) is 10.2. The predicted molar refractivity (Wildman–Crippen MR) is 82.5 cm³/mol. The first-order valence-corrected chi connectivity index (χ1v) is 7.43. The molecule has 0 bridgehead atoms. The highest BCUT2D eigenvalue weighted by Gasteiger charge is 2.06. The minimum absolute atomic E-state index is 0.674. The number of aromatic nitrogens is 3. The second-order valence-electron chi connectivity index (χ2n) is 4.43. The molecular formula is C16H12N4S. The number of aromatic amines is 1. The van der Waals surface area contributed by atoms with Gasteiger partial charge in [0.05, 0.1) is 11.6 Å². The first-order chi connectivity index (χ1) is 10.3. The SMILES string of the molecule is N#Cc1cccc(CSc2n[nH]c(-c3ccccc3)n2)c1. The van der Waals surface area contributed by atoms with Gasteiger partial charge in [-0.15, -0.1) is 5.10 Å². The van der Waals surface area contributed by atoms with Crippen LogP contribution in [-0.4, -0.2) is 15.2 Å². The summed E-state index contributed by atoms with van der Waals surface area (Å²) in [5.41, 5.74) is 2.78. The fourth-order valence-corrected chi connectivity index (χ4v) is 2.66. The van der Waals surface area contributed by atoms with Gasteiger partial charge < -0.3 is 0 Å². The summed E-state index contributed by atoms with van der Waals surface area (Å²) in [4.78, 5) is 4.47. The van der Waals surface area contributed by atoms with E-state index < -0.39 is 0 Å². The summed E-state index contributed by atoms with van der Waals surface area (Å²) in [6, 6.07) is 19.6. The Morgan fingerprint density at radius 2 is 1.95 bits per heavy atom. The third-order valence-electron chi connectivity index (χ3n) is 2.94. The van der Waals surface area contributed by atoms with Crippen molar-refractivity contribution in [2.75, 3.05) is 0 Å². The molecule has 102 valence electrons. The lowest BCUT2D eigenvalue weighted by Crippen LogP contribution is -1.84. The number of nitrogens with one attached hydrogen (secondary N) is 1. The van der Waals surface area contributed by atoms with Gasteiger partial charge in [-0.1, -0.05) is 54.2 Å². The molecule has 1 N–H and O–H groups in total. The van der Waals surface area contributed by atoms with Crippen molar-refractivity contribution in [2.24, 2.45) is 0 Å². The number of rotatable bonds is 4. The quantitative estimate of drug-likeness (QED) is 0.746. The summed E-state index contributed by atoms with van der Waals surface area (Å²) in [6.07, 6.45) is 0. The van der Waals surface area contributed by atoms with E-state index in [1.807, 2.05) is 48.5 Å². The lowest BCUT2D eigenvalue weighted by atomic mass is 10.2. The van der Waals surface area contributed by atoms with Crippen molar-refractivity contribution in [1.29, 1.82) is 5.26 Å². The Hall–Kier alpha value is -2.58. The molecule has 3 aromatic rings. The molecule has 0 amide bonds. The molecular weight excluding hydrogens is 280 g/mol. The highest BCUT2D eigenvalue weighted by Crippen LogP contribution is 2.22. The zero-order chi connectivity index (χ0) is 14.5. The maximum atomic E-state index is 8.89. The van der Waals surface area contributed by atoms with Crippen LogP contribution in [0.25, 0.3) is 11.4 Å². The third kappa shape index (κ3) is 3.30. The molecule has 21 heavy (non-hydrogen) atoms. The molecule has 0 aliphatic rings. The van der Waals surface area contributed by atoms with Gasteiger partial charge in [0, 0.05) is 11.3 Å². The molecule has 0 aliphatic carbocycles. The van der Waals surface area contributed by atoms with Crippen LogP contribution in [0.3, 0.4) is 0 Å². The van der Waals surface area contributed by atoms with E-state index in [2.05, 4.69) is 21.3 Å². The zero-order valence-corrected chi connectivity index (χ0v) is 12.0. The number of benzene rings is 2. The molecule has 2 aromatic carbocycles. The van der Waals surface area contributed by atoms with Crippen molar-refractivity contribution in [3.05, 3.63) is 65.7 Å². The Morgan fingerprint density at radius 1 is 1.10 bits per heavy atom. The van der Waals surface area contributed by atoms with Crippen LogP contribution in [0, 0.1) is 11.3 Å². The number of nitriles is 1. The van der Waals surface area contributed by atoms with Crippen molar-refractivity contribution in [2.45, 2.75) is 10.9 Å². The number of hydrogen-bond donors (Lipinski definition) is 1. The van der Waals surface area contributed by atoms with E-state index in [0.29, 0.717) is 10.7 Å². The summed E-state index contributed by atoms with van der Waals surface area (Å²) in [7, 11) is 0. The third-order valence-corrected chi connectivity index (χ3v) is 3.85. The Labute approximate surface area is 126 Å². The average Bonchev–Trinajstić information content (AvgIpc) is 3.03. The second kappa shape index (κ2) is 6.25. The first kappa shape index (κ1) is 13.4. The summed E-state index contributed by atoms with van der Waals surface area (Å²) in [5.74, 6) is 1.51. The van der Waals surface area contributed by atoms with Crippen LogP contribution in [0.1, 0.15) is 11.1 Å². The van der Waals surface area contributed by atoms with Crippen LogP contribution in [-0.2, 0) is 5.75 Å². The Kier molecular flexibility index (Phi) is 3.99. The first-order valence-electron chi connectivity index (χ1n) is 6.45. The van der Waals surface area contributed by atoms with E-state index >= 15 is 0 Å². The number of thioether (sulfide) groups is 1. The minimum atomic E-state index is 0.674. The van der Waals surface area contributed by atoms with Gasteiger partial charge in [-0.25, -0.2) is 4.98 Å². The van der Waals surface area contributed by atoms with Gasteiger partial charge in [-0.3, -0.25) is 5.10 Å². The monoisotopic (exact) mass is 292 g/mol. The van der Waals surface area contributed by atoms with E-state index in [-0.39, 0.29) is 0 Å². The van der Waals surface area contributed by atoms with E-state index in [9.17, 15) is 0 Å². The van der Waals surface area contributed by atoms with Gasteiger partial charge in [-0.2, -0.15) is 5.26 Å². The lowest BCUT2D eigenvalue weighted by Gasteiger charge is -1.98. The molecule has 0 spiro atoms. The molecule has 3 rings (SSSR count). The number of H-pyrrole nitrogens is 1. The minimum Gasteiger partial charge on any atom is -0.258 e. The fourth-order valence-electron chi connectivity index (χ4n) is 1.91. The smallest absolute Gasteiger partial charge is 0.209 e. The van der Waals surface area contributed by atoms with Crippen LogP contribution in [0.2, 0.25) is 0 Å². The average molecular weight is 292 g/mol. The van der Waals surface area contributed by atoms with Crippen molar-refractivity contribution < 1.29 is 0 Å². The fraction of sp³-hybridized carbons (Fsp3) is 0.0625. The maximum Gasteiger partial charge on any atom is 0.209 e. The van der Waals surface area contributed by atoms with Crippen LogP contribution in [0.5, 0.6) is 0 Å². The van der Waals surface area contributed by atoms with Crippen LogP contribution in [0.15, 0.2) is 59.8 Å². The number of hydrogen-bond acceptors (Lipinski definition) is 4.